The Kier molecular flexibility index (Phi) is 8.18. The quantitative estimate of drug-likeness (QED) is 0.682. The first-order valence-electron chi connectivity index (χ1n) is 6.56. The molecule has 1 N–H and O–H groups in total. The molecule has 0 heterocycles. The van der Waals surface area contributed by atoms with Crippen molar-refractivity contribution in [2.75, 3.05) is 19.8 Å². The number of nitrogens with one attached hydrogen (secondary N) is 1. The van der Waals surface area contributed by atoms with Crippen LogP contribution in [0.5, 0.6) is 0 Å². The highest BCUT2D eigenvalue weighted by Gasteiger charge is 2.12. The molecule has 1 atom stereocenters. The molecule has 0 saturated heterocycles. The second-order valence-corrected chi connectivity index (χ2v) is 5.30. The average Bonchev–Trinajstić information content (AvgIpc) is 2.37. The fourth-order valence-corrected chi connectivity index (χ4v) is 2.43. The van der Waals surface area contributed by atoms with Crippen LogP contribution in [-0.2, 0) is 11.2 Å². The van der Waals surface area contributed by atoms with Crippen LogP contribution in [0.3, 0.4) is 0 Å². The van der Waals surface area contributed by atoms with Crippen LogP contribution in [0.4, 0.5) is 13.2 Å². The van der Waals surface area contributed by atoms with Crippen molar-refractivity contribution >= 4 is 15.9 Å². The Labute approximate surface area is 125 Å². The number of rotatable bonds is 9. The molecule has 0 bridgehead atoms. The molecule has 2 nitrogen and oxygen atoms in total. The number of likely N-dealkylation sites (N-methyl/N-ethyl adjacent to an activating group) is 1. The predicted octanol–water partition coefficient (Wildman–Crippen LogP) is 3.78. The maximum Gasteiger partial charge on any atom is 0.261 e. The van der Waals surface area contributed by atoms with Crippen molar-refractivity contribution < 1.29 is 17.9 Å². The molecule has 0 aliphatic heterocycles. The number of hydrogen-bond donors (Lipinski definition) is 1. The third-order valence-corrected chi connectivity index (χ3v) is 3.57. The second-order valence-electron chi connectivity index (χ2n) is 4.45. The van der Waals surface area contributed by atoms with Crippen molar-refractivity contribution in [2.45, 2.75) is 32.2 Å². The molecular weight excluding hydrogens is 335 g/mol. The summed E-state index contributed by atoms with van der Waals surface area (Å²) in [7, 11) is 0. The summed E-state index contributed by atoms with van der Waals surface area (Å²) in [6.07, 6.45) is -1.12. The van der Waals surface area contributed by atoms with Crippen LogP contribution in [0.2, 0.25) is 0 Å². The van der Waals surface area contributed by atoms with Gasteiger partial charge in [-0.1, -0.05) is 28.9 Å². The summed E-state index contributed by atoms with van der Waals surface area (Å²) in [5, 5.41) is 3.28. The Bertz CT molecular complexity index is 404. The zero-order chi connectivity index (χ0) is 15.0. The number of halogens is 4. The van der Waals surface area contributed by atoms with E-state index in [1.165, 1.54) is 12.1 Å². The zero-order valence-electron chi connectivity index (χ0n) is 11.3. The largest absolute Gasteiger partial charge is 0.375 e. The van der Waals surface area contributed by atoms with E-state index in [0.717, 1.165) is 12.1 Å². The minimum atomic E-state index is -2.43. The summed E-state index contributed by atoms with van der Waals surface area (Å²) >= 11 is 3.33. The van der Waals surface area contributed by atoms with Crippen molar-refractivity contribution in [1.29, 1.82) is 0 Å². The van der Waals surface area contributed by atoms with Gasteiger partial charge in [-0.25, -0.2) is 13.2 Å². The Morgan fingerprint density at radius 3 is 2.70 bits per heavy atom. The van der Waals surface area contributed by atoms with E-state index in [1.807, 2.05) is 6.92 Å². The minimum absolute atomic E-state index is 0.111. The van der Waals surface area contributed by atoms with Gasteiger partial charge in [0.15, 0.2) is 0 Å². The molecule has 1 aromatic carbocycles. The Morgan fingerprint density at radius 1 is 1.35 bits per heavy atom. The monoisotopic (exact) mass is 353 g/mol. The first kappa shape index (κ1) is 17.5. The molecule has 0 saturated carbocycles. The van der Waals surface area contributed by atoms with Gasteiger partial charge in [0.1, 0.15) is 12.4 Å². The highest BCUT2D eigenvalue weighted by molar-refractivity contribution is 9.10. The summed E-state index contributed by atoms with van der Waals surface area (Å²) in [5.41, 5.74) is 0.978. The van der Waals surface area contributed by atoms with Crippen LogP contribution in [0.25, 0.3) is 0 Å². The third-order valence-electron chi connectivity index (χ3n) is 2.83. The van der Waals surface area contributed by atoms with Crippen molar-refractivity contribution in [3.63, 3.8) is 0 Å². The molecule has 0 aliphatic rings. The lowest BCUT2D eigenvalue weighted by molar-refractivity contribution is 0.0144. The van der Waals surface area contributed by atoms with Gasteiger partial charge in [-0.15, -0.1) is 0 Å². The van der Waals surface area contributed by atoms with Crippen LogP contribution in [-0.4, -0.2) is 32.2 Å². The minimum Gasteiger partial charge on any atom is -0.375 e. The summed E-state index contributed by atoms with van der Waals surface area (Å²) in [6.45, 7) is 2.50. The van der Waals surface area contributed by atoms with Crippen molar-refractivity contribution in [3.8, 4) is 0 Å². The molecule has 0 fully saturated rings. The highest BCUT2D eigenvalue weighted by Crippen LogP contribution is 2.20. The Hall–Kier alpha value is -0.590. The average molecular weight is 354 g/mol. The number of alkyl halides is 2. The van der Waals surface area contributed by atoms with Gasteiger partial charge < -0.3 is 10.1 Å². The molecule has 0 aliphatic carbocycles. The van der Waals surface area contributed by atoms with Crippen molar-refractivity contribution in [2.24, 2.45) is 0 Å². The second kappa shape index (κ2) is 9.37. The van der Waals surface area contributed by atoms with Crippen LogP contribution in [0, 0.1) is 5.82 Å². The van der Waals surface area contributed by atoms with E-state index in [9.17, 15) is 13.2 Å². The highest BCUT2D eigenvalue weighted by atomic mass is 79.9. The van der Waals surface area contributed by atoms with Gasteiger partial charge in [-0.05, 0) is 37.1 Å². The molecule has 1 aromatic rings. The molecule has 6 heteroatoms. The summed E-state index contributed by atoms with van der Waals surface area (Å²) in [6, 6.07) is 4.67. The molecule has 1 rings (SSSR count). The maximum absolute atomic E-state index is 13.0. The maximum atomic E-state index is 13.0. The number of hydrogen-bond acceptors (Lipinski definition) is 2. The van der Waals surface area contributed by atoms with Gasteiger partial charge in [0.05, 0.1) is 0 Å². The normalized spacial score (nSPS) is 12.9. The molecule has 1 unspecified atom stereocenters. The molecule has 0 amide bonds. The zero-order valence-corrected chi connectivity index (χ0v) is 12.9. The molecular formula is C14H19BrF3NO. The molecule has 0 spiro atoms. The lowest BCUT2D eigenvalue weighted by Gasteiger charge is -2.18. The van der Waals surface area contributed by atoms with E-state index in [2.05, 4.69) is 21.2 Å². The first-order chi connectivity index (χ1) is 9.52. The van der Waals surface area contributed by atoms with Gasteiger partial charge in [-0.2, -0.15) is 0 Å². The smallest absolute Gasteiger partial charge is 0.261 e. The molecule has 114 valence electrons. The molecule has 0 radical (unpaired) electrons. The number of ether oxygens (including phenoxy) is 1. The van der Waals surface area contributed by atoms with E-state index >= 15 is 0 Å². The van der Waals surface area contributed by atoms with Crippen LogP contribution in [0.15, 0.2) is 22.7 Å². The summed E-state index contributed by atoms with van der Waals surface area (Å²) < 4.78 is 42.6. The van der Waals surface area contributed by atoms with Gasteiger partial charge in [0.25, 0.3) is 6.43 Å². The SMILES string of the molecule is CCNC(CCOCC(F)F)Cc1ccc(F)cc1Br. The van der Waals surface area contributed by atoms with Crippen LogP contribution >= 0.6 is 15.9 Å². The topological polar surface area (TPSA) is 21.3 Å². The van der Waals surface area contributed by atoms with Gasteiger partial charge >= 0.3 is 0 Å². The van der Waals surface area contributed by atoms with E-state index in [0.29, 0.717) is 17.3 Å². The van der Waals surface area contributed by atoms with E-state index < -0.39 is 13.0 Å². The molecule has 0 aromatic heterocycles. The third kappa shape index (κ3) is 6.72. The molecule has 20 heavy (non-hydrogen) atoms. The predicted molar refractivity (Wildman–Crippen MR) is 76.7 cm³/mol. The Morgan fingerprint density at radius 2 is 2.10 bits per heavy atom. The van der Waals surface area contributed by atoms with E-state index in [4.69, 9.17) is 4.74 Å². The van der Waals surface area contributed by atoms with Crippen LogP contribution < -0.4 is 5.32 Å². The van der Waals surface area contributed by atoms with Crippen molar-refractivity contribution in [3.05, 3.63) is 34.1 Å². The van der Waals surface area contributed by atoms with Gasteiger partial charge in [0, 0.05) is 17.1 Å². The lowest BCUT2D eigenvalue weighted by Crippen LogP contribution is -2.32. The summed E-state index contributed by atoms with van der Waals surface area (Å²) in [4.78, 5) is 0. The van der Waals surface area contributed by atoms with Crippen molar-refractivity contribution in [1.82, 2.24) is 5.32 Å². The lowest BCUT2D eigenvalue weighted by atomic mass is 10.0. The summed E-state index contributed by atoms with van der Waals surface area (Å²) in [5.74, 6) is -0.291. The van der Waals surface area contributed by atoms with Crippen LogP contribution in [0.1, 0.15) is 18.9 Å². The fraction of sp³-hybridized carbons (Fsp3) is 0.571. The van der Waals surface area contributed by atoms with Gasteiger partial charge in [-0.3, -0.25) is 0 Å². The number of benzene rings is 1. The Balaban J connectivity index is 2.49. The first-order valence-corrected chi connectivity index (χ1v) is 7.35. The standard InChI is InChI=1S/C14H19BrF3NO/c1-2-19-12(5-6-20-9-14(17)18)7-10-3-4-11(16)8-13(10)15/h3-4,8,12,14,19H,2,5-7,9H2,1H3. The van der Waals surface area contributed by atoms with E-state index in [-0.39, 0.29) is 18.5 Å². The van der Waals surface area contributed by atoms with Gasteiger partial charge in [0.2, 0.25) is 0 Å². The van der Waals surface area contributed by atoms with E-state index in [1.54, 1.807) is 6.07 Å². The fourth-order valence-electron chi connectivity index (χ4n) is 1.92.